The summed E-state index contributed by atoms with van der Waals surface area (Å²) < 4.78 is 6.02. The van der Waals surface area contributed by atoms with E-state index in [1.807, 2.05) is 0 Å². The van der Waals surface area contributed by atoms with E-state index in [2.05, 4.69) is 43.0 Å². The SMILES string of the molecule is CCC(C)c1ccccc1OCCCN1CCCCC1.O=C(O)C(=O)O. The number of hydrogen-bond donors (Lipinski definition) is 2. The minimum atomic E-state index is -1.82. The highest BCUT2D eigenvalue weighted by molar-refractivity contribution is 6.27. The molecule has 146 valence electrons. The third kappa shape index (κ3) is 8.34. The van der Waals surface area contributed by atoms with Crippen LogP contribution in [0, 0.1) is 0 Å². The van der Waals surface area contributed by atoms with Crippen LogP contribution in [-0.4, -0.2) is 53.3 Å². The number of carbonyl (C=O) groups is 2. The Kier molecular flexibility index (Phi) is 10.4. The Labute approximate surface area is 155 Å². The highest BCUT2D eigenvalue weighted by Crippen LogP contribution is 2.28. The Bertz CT molecular complexity index is 543. The molecule has 1 aromatic rings. The van der Waals surface area contributed by atoms with Gasteiger partial charge in [-0.2, -0.15) is 0 Å². The Morgan fingerprint density at radius 1 is 1.12 bits per heavy atom. The topological polar surface area (TPSA) is 87.1 Å². The summed E-state index contributed by atoms with van der Waals surface area (Å²) in [7, 11) is 0. The van der Waals surface area contributed by atoms with Crippen LogP contribution in [0.25, 0.3) is 0 Å². The van der Waals surface area contributed by atoms with Crippen LogP contribution in [0.2, 0.25) is 0 Å². The second-order valence-electron chi connectivity index (χ2n) is 6.56. The molecule has 0 radical (unpaired) electrons. The summed E-state index contributed by atoms with van der Waals surface area (Å²) in [4.78, 5) is 20.8. The zero-order chi connectivity index (χ0) is 19.4. The molecule has 0 aliphatic carbocycles. The van der Waals surface area contributed by atoms with E-state index >= 15 is 0 Å². The van der Waals surface area contributed by atoms with Crippen LogP contribution in [0.15, 0.2) is 24.3 Å². The summed E-state index contributed by atoms with van der Waals surface area (Å²) in [5, 5.41) is 14.8. The normalized spacial score (nSPS) is 15.5. The number of hydrogen-bond acceptors (Lipinski definition) is 4. The molecule has 2 rings (SSSR count). The maximum atomic E-state index is 9.10. The monoisotopic (exact) mass is 365 g/mol. The summed E-state index contributed by atoms with van der Waals surface area (Å²) in [6, 6.07) is 8.50. The molecular formula is C20H31NO5. The molecule has 1 fully saturated rings. The van der Waals surface area contributed by atoms with Gasteiger partial charge in [0.25, 0.3) is 0 Å². The van der Waals surface area contributed by atoms with Gasteiger partial charge in [0.1, 0.15) is 5.75 Å². The lowest BCUT2D eigenvalue weighted by Crippen LogP contribution is -2.31. The van der Waals surface area contributed by atoms with E-state index in [0.29, 0.717) is 5.92 Å². The number of para-hydroxylation sites is 1. The fraction of sp³-hybridized carbons (Fsp3) is 0.600. The summed E-state index contributed by atoms with van der Waals surface area (Å²) >= 11 is 0. The molecule has 0 spiro atoms. The molecule has 6 heteroatoms. The molecule has 0 aromatic heterocycles. The Morgan fingerprint density at radius 2 is 1.73 bits per heavy atom. The molecule has 6 nitrogen and oxygen atoms in total. The maximum Gasteiger partial charge on any atom is 0.414 e. The van der Waals surface area contributed by atoms with Gasteiger partial charge in [0.05, 0.1) is 6.61 Å². The lowest BCUT2D eigenvalue weighted by atomic mass is 9.98. The lowest BCUT2D eigenvalue weighted by Gasteiger charge is -2.26. The quantitative estimate of drug-likeness (QED) is 0.567. The van der Waals surface area contributed by atoms with Crippen molar-refractivity contribution < 1.29 is 24.5 Å². The molecule has 1 aliphatic rings. The van der Waals surface area contributed by atoms with E-state index in [0.717, 1.165) is 25.2 Å². The molecule has 1 aliphatic heterocycles. The van der Waals surface area contributed by atoms with Crippen LogP contribution in [0.3, 0.4) is 0 Å². The van der Waals surface area contributed by atoms with Crippen molar-refractivity contribution in [1.82, 2.24) is 4.90 Å². The first-order chi connectivity index (χ1) is 12.5. The van der Waals surface area contributed by atoms with E-state index < -0.39 is 11.9 Å². The van der Waals surface area contributed by atoms with E-state index in [1.54, 1.807) is 0 Å². The van der Waals surface area contributed by atoms with Gasteiger partial charge in [-0.25, -0.2) is 9.59 Å². The average molecular weight is 365 g/mol. The number of ether oxygens (including phenoxy) is 1. The van der Waals surface area contributed by atoms with Crippen LogP contribution < -0.4 is 4.74 Å². The number of carboxylic acids is 2. The smallest absolute Gasteiger partial charge is 0.414 e. The Hall–Kier alpha value is -2.08. The molecule has 1 unspecified atom stereocenters. The predicted octanol–water partition coefficient (Wildman–Crippen LogP) is 3.61. The van der Waals surface area contributed by atoms with Gasteiger partial charge in [-0.1, -0.05) is 38.5 Å². The average Bonchev–Trinajstić information content (AvgIpc) is 2.66. The van der Waals surface area contributed by atoms with Crippen molar-refractivity contribution >= 4 is 11.9 Å². The van der Waals surface area contributed by atoms with Crippen LogP contribution in [0.1, 0.15) is 57.4 Å². The molecule has 1 atom stereocenters. The predicted molar refractivity (Wildman–Crippen MR) is 101 cm³/mol. The highest BCUT2D eigenvalue weighted by Gasteiger charge is 2.11. The Morgan fingerprint density at radius 3 is 2.31 bits per heavy atom. The minimum Gasteiger partial charge on any atom is -0.493 e. The number of likely N-dealkylation sites (tertiary alicyclic amines) is 1. The molecule has 0 saturated carbocycles. The standard InChI is InChI=1S/C18H29NO.C2H2O4/c1-3-16(2)17-10-5-6-11-18(17)20-15-9-14-19-12-7-4-8-13-19;3-1(4)2(5)6/h5-6,10-11,16H,3-4,7-9,12-15H2,1-2H3;(H,3,4)(H,5,6). The molecular weight excluding hydrogens is 334 g/mol. The second-order valence-corrected chi connectivity index (χ2v) is 6.56. The summed E-state index contributed by atoms with van der Waals surface area (Å²) in [6.45, 7) is 9.09. The number of nitrogens with zero attached hydrogens (tertiary/aromatic N) is 1. The summed E-state index contributed by atoms with van der Waals surface area (Å²) in [5.74, 6) is -1.99. The fourth-order valence-corrected chi connectivity index (χ4v) is 2.89. The number of aliphatic carboxylic acids is 2. The number of piperidine rings is 1. The highest BCUT2D eigenvalue weighted by atomic mass is 16.5. The van der Waals surface area contributed by atoms with Gasteiger partial charge in [-0.15, -0.1) is 0 Å². The largest absolute Gasteiger partial charge is 0.493 e. The lowest BCUT2D eigenvalue weighted by molar-refractivity contribution is -0.159. The van der Waals surface area contributed by atoms with Crippen molar-refractivity contribution in [3.05, 3.63) is 29.8 Å². The minimum absolute atomic E-state index is 0.577. The summed E-state index contributed by atoms with van der Waals surface area (Å²) in [5.41, 5.74) is 1.35. The van der Waals surface area contributed by atoms with Gasteiger partial charge in [0.15, 0.2) is 0 Å². The van der Waals surface area contributed by atoms with Crippen molar-refractivity contribution in [1.29, 1.82) is 0 Å². The van der Waals surface area contributed by atoms with Gasteiger partial charge in [-0.3, -0.25) is 0 Å². The number of rotatable bonds is 7. The fourth-order valence-electron chi connectivity index (χ4n) is 2.89. The molecule has 0 amide bonds. The van der Waals surface area contributed by atoms with E-state index in [9.17, 15) is 0 Å². The molecule has 1 saturated heterocycles. The van der Waals surface area contributed by atoms with E-state index in [1.165, 1.54) is 44.5 Å². The van der Waals surface area contributed by atoms with E-state index in [-0.39, 0.29) is 0 Å². The van der Waals surface area contributed by atoms with E-state index in [4.69, 9.17) is 24.5 Å². The van der Waals surface area contributed by atoms with Crippen LogP contribution in [-0.2, 0) is 9.59 Å². The molecule has 1 heterocycles. The third-order valence-electron chi connectivity index (χ3n) is 4.57. The van der Waals surface area contributed by atoms with Gasteiger partial charge >= 0.3 is 11.9 Å². The zero-order valence-corrected chi connectivity index (χ0v) is 15.8. The molecule has 26 heavy (non-hydrogen) atoms. The number of benzene rings is 1. The van der Waals surface area contributed by atoms with Crippen molar-refractivity contribution in [3.8, 4) is 5.75 Å². The number of carboxylic acid groups (broad SMARTS) is 2. The van der Waals surface area contributed by atoms with Gasteiger partial charge < -0.3 is 19.8 Å². The third-order valence-corrected chi connectivity index (χ3v) is 4.57. The van der Waals surface area contributed by atoms with Crippen molar-refractivity contribution in [2.24, 2.45) is 0 Å². The van der Waals surface area contributed by atoms with Crippen molar-refractivity contribution in [3.63, 3.8) is 0 Å². The first kappa shape index (κ1) is 22.0. The van der Waals surface area contributed by atoms with Gasteiger partial charge in [0, 0.05) is 6.54 Å². The van der Waals surface area contributed by atoms with Gasteiger partial charge in [0.2, 0.25) is 0 Å². The molecule has 2 N–H and O–H groups in total. The first-order valence-electron chi connectivity index (χ1n) is 9.36. The van der Waals surface area contributed by atoms with Gasteiger partial charge in [-0.05, 0) is 56.3 Å². The Balaban J connectivity index is 0.000000487. The zero-order valence-electron chi connectivity index (χ0n) is 15.8. The molecule has 0 bridgehead atoms. The maximum absolute atomic E-state index is 9.10. The van der Waals surface area contributed by atoms with Crippen LogP contribution >= 0.6 is 0 Å². The first-order valence-corrected chi connectivity index (χ1v) is 9.36. The molecule has 1 aromatic carbocycles. The van der Waals surface area contributed by atoms with Crippen molar-refractivity contribution in [2.75, 3.05) is 26.2 Å². The summed E-state index contributed by atoms with van der Waals surface area (Å²) in [6.07, 6.45) is 6.45. The van der Waals surface area contributed by atoms with Crippen molar-refractivity contribution in [2.45, 2.75) is 51.9 Å². The van der Waals surface area contributed by atoms with Crippen LogP contribution in [0.4, 0.5) is 0 Å². The second kappa shape index (κ2) is 12.3. The van der Waals surface area contributed by atoms with Crippen LogP contribution in [0.5, 0.6) is 5.75 Å².